The van der Waals surface area contributed by atoms with E-state index < -0.39 is 0 Å². The lowest BCUT2D eigenvalue weighted by Gasteiger charge is -2.10. The molecule has 0 spiro atoms. The molecule has 72 valence electrons. The highest BCUT2D eigenvalue weighted by Crippen LogP contribution is 2.14. The summed E-state index contributed by atoms with van der Waals surface area (Å²) in [6.45, 7) is 2.15. The Kier molecular flexibility index (Phi) is 2.56. The van der Waals surface area contributed by atoms with Crippen LogP contribution < -0.4 is 5.73 Å². The van der Waals surface area contributed by atoms with Crippen molar-refractivity contribution in [3.63, 3.8) is 0 Å². The number of ether oxygens (including phenoxy) is 1. The minimum absolute atomic E-state index is 0.321. The zero-order chi connectivity index (χ0) is 9.10. The summed E-state index contributed by atoms with van der Waals surface area (Å²) in [5.74, 6) is 0.829. The van der Waals surface area contributed by atoms with Gasteiger partial charge in [0.15, 0.2) is 0 Å². The van der Waals surface area contributed by atoms with E-state index in [0.29, 0.717) is 12.6 Å². The van der Waals surface area contributed by atoms with Crippen LogP contribution in [0.5, 0.6) is 0 Å². The first kappa shape index (κ1) is 8.65. The predicted molar refractivity (Wildman–Crippen MR) is 46.9 cm³/mol. The molecule has 2 heterocycles. The van der Waals surface area contributed by atoms with Crippen molar-refractivity contribution in [2.24, 2.45) is 5.73 Å². The molecule has 5 heteroatoms. The Bertz CT molecular complexity index is 267. The van der Waals surface area contributed by atoms with Crippen LogP contribution in [0.15, 0.2) is 6.33 Å². The topological polar surface area (TPSA) is 66.0 Å². The van der Waals surface area contributed by atoms with Crippen LogP contribution in [0.25, 0.3) is 0 Å². The number of aromatic nitrogens is 3. The largest absolute Gasteiger partial charge is 0.376 e. The lowest BCUT2D eigenvalue weighted by atomic mass is 10.2. The molecule has 2 rings (SSSR count). The number of nitrogens with zero attached hydrogens (tertiary/aromatic N) is 3. The zero-order valence-corrected chi connectivity index (χ0v) is 7.52. The van der Waals surface area contributed by atoms with Gasteiger partial charge in [0.2, 0.25) is 0 Å². The standard InChI is InChI=1S/C8H14N4O/c9-4-8-11-10-6-12(8)5-7-2-1-3-13-7/h6-7H,1-5,9H2. The molecule has 0 bridgehead atoms. The second-order valence-corrected chi connectivity index (χ2v) is 3.24. The predicted octanol–water partition coefficient (Wildman–Crippen LogP) is -0.0842. The van der Waals surface area contributed by atoms with Crippen LogP contribution in [0, 0.1) is 0 Å². The Hall–Kier alpha value is -0.940. The number of nitrogens with two attached hydrogens (primary N) is 1. The van der Waals surface area contributed by atoms with E-state index in [1.165, 1.54) is 0 Å². The van der Waals surface area contributed by atoms with Gasteiger partial charge >= 0.3 is 0 Å². The summed E-state index contributed by atoms with van der Waals surface area (Å²) in [5.41, 5.74) is 5.51. The summed E-state index contributed by atoms with van der Waals surface area (Å²) >= 11 is 0. The molecule has 1 unspecified atom stereocenters. The van der Waals surface area contributed by atoms with Gasteiger partial charge in [0.25, 0.3) is 0 Å². The van der Waals surface area contributed by atoms with Gasteiger partial charge in [0.1, 0.15) is 12.2 Å². The average Bonchev–Trinajstić information content (AvgIpc) is 2.76. The maximum atomic E-state index is 5.51. The van der Waals surface area contributed by atoms with Gasteiger partial charge in [-0.3, -0.25) is 0 Å². The Morgan fingerprint density at radius 3 is 3.31 bits per heavy atom. The third kappa shape index (κ3) is 1.87. The molecule has 1 aliphatic rings. The lowest BCUT2D eigenvalue weighted by Crippen LogP contribution is -2.17. The summed E-state index contributed by atoms with van der Waals surface area (Å²) in [5, 5.41) is 7.72. The third-order valence-corrected chi connectivity index (χ3v) is 2.30. The molecule has 1 aromatic rings. The second kappa shape index (κ2) is 3.85. The molecule has 13 heavy (non-hydrogen) atoms. The summed E-state index contributed by atoms with van der Waals surface area (Å²) in [6.07, 6.45) is 4.32. The summed E-state index contributed by atoms with van der Waals surface area (Å²) in [7, 11) is 0. The smallest absolute Gasteiger partial charge is 0.146 e. The minimum Gasteiger partial charge on any atom is -0.376 e. The van der Waals surface area contributed by atoms with Gasteiger partial charge in [0.05, 0.1) is 19.2 Å². The van der Waals surface area contributed by atoms with Crippen molar-refractivity contribution in [2.45, 2.75) is 32.0 Å². The quantitative estimate of drug-likeness (QED) is 0.709. The number of hydrogen-bond donors (Lipinski definition) is 1. The van der Waals surface area contributed by atoms with Crippen molar-refractivity contribution in [1.82, 2.24) is 14.8 Å². The average molecular weight is 182 g/mol. The van der Waals surface area contributed by atoms with Crippen molar-refractivity contribution < 1.29 is 4.74 Å². The van der Waals surface area contributed by atoms with Gasteiger partial charge in [-0.05, 0) is 12.8 Å². The van der Waals surface area contributed by atoms with Crippen LogP contribution in [0.4, 0.5) is 0 Å². The molecule has 1 aliphatic heterocycles. The second-order valence-electron chi connectivity index (χ2n) is 3.24. The molecular formula is C8H14N4O. The maximum Gasteiger partial charge on any atom is 0.146 e. The van der Waals surface area contributed by atoms with E-state index in [1.54, 1.807) is 6.33 Å². The molecule has 1 atom stereocenters. The first-order valence-electron chi connectivity index (χ1n) is 4.58. The van der Waals surface area contributed by atoms with E-state index in [0.717, 1.165) is 31.8 Å². The van der Waals surface area contributed by atoms with Gasteiger partial charge in [0, 0.05) is 6.61 Å². The lowest BCUT2D eigenvalue weighted by molar-refractivity contribution is 0.0962. The first-order valence-corrected chi connectivity index (χ1v) is 4.58. The van der Waals surface area contributed by atoms with Gasteiger partial charge in [-0.1, -0.05) is 0 Å². The number of rotatable bonds is 3. The van der Waals surface area contributed by atoms with Crippen molar-refractivity contribution in [3.05, 3.63) is 12.2 Å². The minimum atomic E-state index is 0.321. The van der Waals surface area contributed by atoms with E-state index in [2.05, 4.69) is 10.2 Å². The fourth-order valence-electron chi connectivity index (χ4n) is 1.60. The molecule has 1 fully saturated rings. The Labute approximate surface area is 76.9 Å². The number of hydrogen-bond acceptors (Lipinski definition) is 4. The Balaban J connectivity index is 1.99. The SMILES string of the molecule is NCc1nncn1CC1CCCO1. The molecule has 1 saturated heterocycles. The van der Waals surface area contributed by atoms with E-state index in [1.807, 2.05) is 4.57 Å². The third-order valence-electron chi connectivity index (χ3n) is 2.30. The molecule has 0 aliphatic carbocycles. The molecule has 0 amide bonds. The molecule has 0 radical (unpaired) electrons. The maximum absolute atomic E-state index is 5.51. The molecule has 1 aromatic heterocycles. The highest BCUT2D eigenvalue weighted by atomic mass is 16.5. The van der Waals surface area contributed by atoms with Crippen molar-refractivity contribution in [3.8, 4) is 0 Å². The van der Waals surface area contributed by atoms with Crippen molar-refractivity contribution in [2.75, 3.05) is 6.61 Å². The van der Waals surface area contributed by atoms with Crippen LogP contribution in [-0.4, -0.2) is 27.5 Å². The van der Waals surface area contributed by atoms with Crippen molar-refractivity contribution in [1.29, 1.82) is 0 Å². The molecular weight excluding hydrogens is 168 g/mol. The fourth-order valence-corrected chi connectivity index (χ4v) is 1.60. The monoisotopic (exact) mass is 182 g/mol. The Morgan fingerprint density at radius 1 is 1.69 bits per heavy atom. The van der Waals surface area contributed by atoms with Gasteiger partial charge < -0.3 is 15.0 Å². The summed E-state index contributed by atoms with van der Waals surface area (Å²) in [4.78, 5) is 0. The summed E-state index contributed by atoms with van der Waals surface area (Å²) in [6, 6.07) is 0. The van der Waals surface area contributed by atoms with Crippen LogP contribution in [-0.2, 0) is 17.8 Å². The van der Waals surface area contributed by atoms with Crippen LogP contribution in [0.3, 0.4) is 0 Å². The molecule has 0 saturated carbocycles. The van der Waals surface area contributed by atoms with Crippen LogP contribution >= 0.6 is 0 Å². The highest BCUT2D eigenvalue weighted by molar-refractivity contribution is 4.85. The van der Waals surface area contributed by atoms with Crippen molar-refractivity contribution >= 4 is 0 Å². The van der Waals surface area contributed by atoms with Crippen LogP contribution in [0.2, 0.25) is 0 Å². The van der Waals surface area contributed by atoms with Gasteiger partial charge in [-0.2, -0.15) is 0 Å². The first-order chi connectivity index (χ1) is 6.40. The molecule has 0 aromatic carbocycles. The fraction of sp³-hybridized carbons (Fsp3) is 0.750. The zero-order valence-electron chi connectivity index (χ0n) is 7.52. The molecule has 5 nitrogen and oxygen atoms in total. The normalized spacial score (nSPS) is 22.4. The highest BCUT2D eigenvalue weighted by Gasteiger charge is 2.17. The van der Waals surface area contributed by atoms with E-state index in [-0.39, 0.29) is 0 Å². The summed E-state index contributed by atoms with van der Waals surface area (Å²) < 4.78 is 7.48. The van der Waals surface area contributed by atoms with E-state index in [9.17, 15) is 0 Å². The van der Waals surface area contributed by atoms with E-state index in [4.69, 9.17) is 10.5 Å². The van der Waals surface area contributed by atoms with Gasteiger partial charge in [-0.25, -0.2) is 0 Å². The molecule has 2 N–H and O–H groups in total. The van der Waals surface area contributed by atoms with Gasteiger partial charge in [-0.15, -0.1) is 10.2 Å². The van der Waals surface area contributed by atoms with E-state index >= 15 is 0 Å². The Morgan fingerprint density at radius 2 is 2.62 bits per heavy atom. The van der Waals surface area contributed by atoms with Crippen LogP contribution in [0.1, 0.15) is 18.7 Å².